The Bertz CT molecular complexity index is 925. The molecule has 1 aliphatic heterocycles. The van der Waals surface area contributed by atoms with Crippen LogP contribution in [0.5, 0.6) is 0 Å². The normalized spacial score (nSPS) is 20.9. The lowest BCUT2D eigenvalue weighted by molar-refractivity contribution is -0.134. The number of nitrogens with zero attached hydrogens (tertiary/aromatic N) is 2. The molecule has 3 rings (SSSR count). The Balaban J connectivity index is 2.34. The van der Waals surface area contributed by atoms with Crippen molar-refractivity contribution in [2.45, 2.75) is 18.6 Å². The lowest BCUT2D eigenvalue weighted by Gasteiger charge is -2.27. The molecule has 2 aromatic carbocycles. The summed E-state index contributed by atoms with van der Waals surface area (Å²) in [7, 11) is 1.52. The average Bonchev–Trinajstić information content (AvgIpc) is 2.71. The van der Waals surface area contributed by atoms with Crippen LogP contribution in [0.25, 0.3) is 0 Å². The first kappa shape index (κ1) is 17.9. The van der Waals surface area contributed by atoms with Gasteiger partial charge in [-0.2, -0.15) is 0 Å². The standard InChI is InChI=1S/C19H19FN4O2/c1-11(21)17(25)19(22)18(26)24(2)15-9-4-3-8-14(15)16(23-19)12-6-5-7-13(20)10-12/h3-11H,21-22H2,1-2H3/t11-,19?/m0/s1. The van der Waals surface area contributed by atoms with Crippen LogP contribution >= 0.6 is 0 Å². The molecule has 2 aromatic rings. The fourth-order valence-electron chi connectivity index (χ4n) is 2.98. The number of anilines is 1. The van der Waals surface area contributed by atoms with E-state index >= 15 is 0 Å². The first-order chi connectivity index (χ1) is 12.3. The molecular weight excluding hydrogens is 335 g/mol. The van der Waals surface area contributed by atoms with E-state index in [-0.39, 0.29) is 5.71 Å². The third-order valence-corrected chi connectivity index (χ3v) is 4.33. The maximum atomic E-state index is 13.8. The van der Waals surface area contributed by atoms with Crippen LogP contribution in [-0.4, -0.2) is 36.2 Å². The van der Waals surface area contributed by atoms with Gasteiger partial charge in [0.15, 0.2) is 0 Å². The lowest BCUT2D eigenvalue weighted by atomic mass is 9.98. The van der Waals surface area contributed by atoms with E-state index in [0.717, 1.165) is 0 Å². The summed E-state index contributed by atoms with van der Waals surface area (Å²) < 4.78 is 13.8. The summed E-state index contributed by atoms with van der Waals surface area (Å²) in [4.78, 5) is 31.2. The first-order valence-corrected chi connectivity index (χ1v) is 8.08. The molecule has 0 spiro atoms. The first-order valence-electron chi connectivity index (χ1n) is 8.08. The Hall–Kier alpha value is -2.90. The fourth-order valence-corrected chi connectivity index (χ4v) is 2.98. The van der Waals surface area contributed by atoms with Crippen LogP contribution in [0.1, 0.15) is 18.1 Å². The van der Waals surface area contributed by atoms with E-state index in [4.69, 9.17) is 11.5 Å². The molecule has 0 saturated carbocycles. The van der Waals surface area contributed by atoms with Crippen molar-refractivity contribution >= 4 is 23.1 Å². The fraction of sp³-hybridized carbons (Fsp3) is 0.211. The van der Waals surface area contributed by atoms with E-state index in [1.165, 1.54) is 37.1 Å². The Labute approximate surface area is 150 Å². The Morgan fingerprint density at radius 3 is 2.58 bits per heavy atom. The smallest absolute Gasteiger partial charge is 0.277 e. The number of nitrogens with two attached hydrogens (primary N) is 2. The van der Waals surface area contributed by atoms with Gasteiger partial charge in [0.25, 0.3) is 5.91 Å². The number of likely N-dealkylation sites (N-methyl/N-ethyl adjacent to an activating group) is 1. The van der Waals surface area contributed by atoms with Gasteiger partial charge >= 0.3 is 0 Å². The number of para-hydroxylation sites is 1. The van der Waals surface area contributed by atoms with Gasteiger partial charge in [-0.3, -0.25) is 15.3 Å². The van der Waals surface area contributed by atoms with E-state index in [2.05, 4.69) is 4.99 Å². The van der Waals surface area contributed by atoms with Crippen LogP contribution in [-0.2, 0) is 9.59 Å². The highest BCUT2D eigenvalue weighted by atomic mass is 19.1. The van der Waals surface area contributed by atoms with Gasteiger partial charge in [0.2, 0.25) is 11.4 Å². The van der Waals surface area contributed by atoms with E-state index in [9.17, 15) is 14.0 Å². The van der Waals surface area contributed by atoms with E-state index in [1.54, 1.807) is 30.3 Å². The van der Waals surface area contributed by atoms with Crippen molar-refractivity contribution in [1.29, 1.82) is 0 Å². The number of carbonyl (C=O) groups is 2. The summed E-state index contributed by atoms with van der Waals surface area (Å²) in [5.41, 5.74) is 11.4. The number of amides is 1. The van der Waals surface area contributed by atoms with Gasteiger partial charge in [-0.05, 0) is 25.1 Å². The number of fused-ring (bicyclic) bond motifs is 1. The van der Waals surface area contributed by atoms with Crippen molar-refractivity contribution < 1.29 is 14.0 Å². The summed E-state index contributed by atoms with van der Waals surface area (Å²) in [6.07, 6.45) is 0. The minimum atomic E-state index is -2.19. The van der Waals surface area contributed by atoms with Gasteiger partial charge < -0.3 is 10.6 Å². The van der Waals surface area contributed by atoms with Crippen molar-refractivity contribution in [3.8, 4) is 0 Å². The topological polar surface area (TPSA) is 102 Å². The monoisotopic (exact) mass is 354 g/mol. The second-order valence-corrected chi connectivity index (χ2v) is 6.27. The zero-order valence-corrected chi connectivity index (χ0v) is 14.4. The minimum Gasteiger partial charge on any atom is -0.322 e. The second kappa shape index (κ2) is 6.44. The third kappa shape index (κ3) is 2.81. The van der Waals surface area contributed by atoms with Crippen LogP contribution in [0.15, 0.2) is 53.5 Å². The highest BCUT2D eigenvalue weighted by molar-refractivity contribution is 6.26. The number of benzene rings is 2. The molecular formula is C19H19FN4O2. The van der Waals surface area contributed by atoms with E-state index in [0.29, 0.717) is 16.8 Å². The Morgan fingerprint density at radius 2 is 1.92 bits per heavy atom. The summed E-state index contributed by atoms with van der Waals surface area (Å²) in [6, 6.07) is 11.7. The zero-order valence-electron chi connectivity index (χ0n) is 14.4. The predicted octanol–water partition coefficient (Wildman–Crippen LogP) is 1.21. The lowest BCUT2D eigenvalue weighted by Crippen LogP contribution is -2.62. The summed E-state index contributed by atoms with van der Waals surface area (Å²) in [5, 5.41) is 0. The van der Waals surface area contributed by atoms with Gasteiger partial charge in [0, 0.05) is 18.2 Å². The van der Waals surface area contributed by atoms with E-state index in [1.807, 2.05) is 0 Å². The van der Waals surface area contributed by atoms with Gasteiger partial charge in [0.05, 0.1) is 17.4 Å². The van der Waals surface area contributed by atoms with Crippen LogP contribution < -0.4 is 16.4 Å². The van der Waals surface area contributed by atoms with Crippen molar-refractivity contribution in [2.24, 2.45) is 16.5 Å². The molecule has 4 N–H and O–H groups in total. The number of ketones is 1. The predicted molar refractivity (Wildman–Crippen MR) is 97.5 cm³/mol. The average molecular weight is 354 g/mol. The highest BCUT2D eigenvalue weighted by Crippen LogP contribution is 2.30. The molecule has 7 heteroatoms. The summed E-state index contributed by atoms with van der Waals surface area (Å²) in [6.45, 7) is 1.44. The largest absolute Gasteiger partial charge is 0.322 e. The van der Waals surface area contributed by atoms with Gasteiger partial charge in [-0.25, -0.2) is 9.38 Å². The van der Waals surface area contributed by atoms with Crippen molar-refractivity contribution in [3.05, 3.63) is 65.5 Å². The van der Waals surface area contributed by atoms with Gasteiger partial charge in [-0.1, -0.05) is 30.3 Å². The maximum absolute atomic E-state index is 13.8. The SMILES string of the molecule is C[C@H](N)C(=O)C1(N)N=C(c2cccc(F)c2)c2ccccc2N(C)C1=O. The number of rotatable bonds is 3. The molecule has 1 heterocycles. The molecule has 2 atom stereocenters. The molecule has 0 bridgehead atoms. The van der Waals surface area contributed by atoms with Gasteiger partial charge in [-0.15, -0.1) is 0 Å². The number of hydrogen-bond donors (Lipinski definition) is 2. The number of carbonyl (C=O) groups excluding carboxylic acids is 2. The quantitative estimate of drug-likeness (QED) is 0.809. The molecule has 134 valence electrons. The van der Waals surface area contributed by atoms with Crippen molar-refractivity contribution in [1.82, 2.24) is 0 Å². The number of aliphatic imine (C=N–C) groups is 1. The third-order valence-electron chi connectivity index (χ3n) is 4.33. The molecule has 0 aromatic heterocycles. The highest BCUT2D eigenvalue weighted by Gasteiger charge is 2.47. The number of halogens is 1. The summed E-state index contributed by atoms with van der Waals surface area (Å²) >= 11 is 0. The molecule has 0 fully saturated rings. The van der Waals surface area contributed by atoms with Crippen LogP contribution in [0.3, 0.4) is 0 Å². The van der Waals surface area contributed by atoms with Crippen molar-refractivity contribution in [2.75, 3.05) is 11.9 Å². The number of benzodiazepines with no additional fused rings is 1. The van der Waals surface area contributed by atoms with Crippen LogP contribution in [0, 0.1) is 5.82 Å². The molecule has 1 aliphatic rings. The molecule has 26 heavy (non-hydrogen) atoms. The van der Waals surface area contributed by atoms with Crippen molar-refractivity contribution in [3.63, 3.8) is 0 Å². The molecule has 0 aliphatic carbocycles. The Morgan fingerprint density at radius 1 is 1.23 bits per heavy atom. The molecule has 1 amide bonds. The second-order valence-electron chi connectivity index (χ2n) is 6.27. The van der Waals surface area contributed by atoms with Crippen LogP contribution in [0.4, 0.5) is 10.1 Å². The number of hydrogen-bond acceptors (Lipinski definition) is 5. The Kier molecular flexibility index (Phi) is 4.43. The molecule has 6 nitrogen and oxygen atoms in total. The zero-order chi connectivity index (χ0) is 19.1. The molecule has 1 unspecified atom stereocenters. The summed E-state index contributed by atoms with van der Waals surface area (Å²) in [5.74, 6) is -1.87. The minimum absolute atomic E-state index is 0.259. The van der Waals surface area contributed by atoms with Crippen LogP contribution in [0.2, 0.25) is 0 Å². The maximum Gasteiger partial charge on any atom is 0.277 e. The number of Topliss-reactive ketones (excluding diaryl/α,β-unsaturated/α-hetero) is 1. The molecule has 0 radical (unpaired) electrons. The van der Waals surface area contributed by atoms with Gasteiger partial charge in [0.1, 0.15) is 5.82 Å². The van der Waals surface area contributed by atoms with E-state index < -0.39 is 29.2 Å². The molecule has 0 saturated heterocycles.